The molecule has 6 nitrogen and oxygen atoms in total. The first-order valence-corrected chi connectivity index (χ1v) is 10.7. The van der Waals surface area contributed by atoms with E-state index in [1.54, 1.807) is 17.9 Å². The Morgan fingerprint density at radius 3 is 2.46 bits per heavy atom. The molecule has 7 heteroatoms. The number of rotatable bonds is 6. The maximum Gasteiger partial charge on any atom is 0.251 e. The Kier molecular flexibility index (Phi) is 5.69. The van der Waals surface area contributed by atoms with Gasteiger partial charge in [0.25, 0.3) is 5.91 Å². The van der Waals surface area contributed by atoms with E-state index < -0.39 is 16.1 Å². The van der Waals surface area contributed by atoms with E-state index in [1.165, 1.54) is 17.1 Å². The highest BCUT2D eigenvalue weighted by Crippen LogP contribution is 2.29. The van der Waals surface area contributed by atoms with E-state index in [1.807, 2.05) is 26.0 Å². The number of carbonyl (C=O) groups excluding carboxylic acids is 1. The van der Waals surface area contributed by atoms with Crippen LogP contribution < -0.4 is 0 Å². The largest absolute Gasteiger partial charge is 0.368 e. The van der Waals surface area contributed by atoms with Crippen molar-refractivity contribution in [3.63, 3.8) is 0 Å². The van der Waals surface area contributed by atoms with Crippen LogP contribution in [-0.4, -0.2) is 62.4 Å². The van der Waals surface area contributed by atoms with Gasteiger partial charge in [-0.1, -0.05) is 12.1 Å². The summed E-state index contributed by atoms with van der Waals surface area (Å²) in [6.45, 7) is 7.56. The summed E-state index contributed by atoms with van der Waals surface area (Å²) < 4.78 is 33.0. The number of carbonyl (C=O) groups is 1. The minimum atomic E-state index is -3.53. The summed E-state index contributed by atoms with van der Waals surface area (Å²) >= 11 is 0. The minimum absolute atomic E-state index is 0.0468. The number of hydrogen-bond acceptors (Lipinski definition) is 4. The Hall–Kier alpha value is -1.44. The van der Waals surface area contributed by atoms with Crippen molar-refractivity contribution >= 4 is 15.9 Å². The molecule has 1 saturated heterocycles. The van der Waals surface area contributed by atoms with E-state index in [-0.39, 0.29) is 5.91 Å². The first-order valence-electron chi connectivity index (χ1n) is 9.27. The Labute approximate surface area is 156 Å². The Balaban J connectivity index is 1.60. The van der Waals surface area contributed by atoms with Crippen LogP contribution >= 0.6 is 0 Å². The van der Waals surface area contributed by atoms with Gasteiger partial charge < -0.3 is 9.64 Å². The molecule has 1 atom stereocenters. The Bertz CT molecular complexity index is 766. The van der Waals surface area contributed by atoms with Crippen LogP contribution in [0.15, 0.2) is 23.1 Å². The molecule has 1 aromatic rings. The molecule has 0 aromatic heterocycles. The number of nitrogens with zero attached hydrogens (tertiary/aromatic N) is 2. The summed E-state index contributed by atoms with van der Waals surface area (Å²) in [6, 6.07) is 5.46. The molecule has 2 aliphatic rings. The number of amides is 1. The van der Waals surface area contributed by atoms with Gasteiger partial charge in [0.1, 0.15) is 6.10 Å². The molecule has 1 heterocycles. The number of benzene rings is 1. The third-order valence-corrected chi connectivity index (χ3v) is 7.18. The molecule has 144 valence electrons. The van der Waals surface area contributed by atoms with Crippen LogP contribution in [0.1, 0.15) is 30.9 Å². The average Bonchev–Trinajstić information content (AvgIpc) is 3.45. The summed E-state index contributed by atoms with van der Waals surface area (Å²) in [4.78, 5) is 14.6. The van der Waals surface area contributed by atoms with Gasteiger partial charge in [-0.15, -0.1) is 0 Å². The second kappa shape index (κ2) is 7.66. The van der Waals surface area contributed by atoms with Gasteiger partial charge in [-0.2, -0.15) is 4.31 Å². The fraction of sp³-hybridized carbons (Fsp3) is 0.632. The highest BCUT2D eigenvalue weighted by Gasteiger charge is 2.33. The van der Waals surface area contributed by atoms with Gasteiger partial charge in [-0.3, -0.25) is 4.79 Å². The zero-order chi connectivity index (χ0) is 18.9. The van der Waals surface area contributed by atoms with Gasteiger partial charge in [-0.25, -0.2) is 8.42 Å². The van der Waals surface area contributed by atoms with Crippen LogP contribution in [0.3, 0.4) is 0 Å². The zero-order valence-corrected chi connectivity index (χ0v) is 16.6. The standard InChI is InChI=1S/C19H28N2O4S/c1-14-4-5-15(2)18(12-14)26(23,24)21-10-8-20(9-11-21)19(22)16(3)25-13-17-6-7-17/h4-5,12,16-17H,6-11,13H2,1-3H3. The van der Waals surface area contributed by atoms with Crippen LogP contribution in [0.4, 0.5) is 0 Å². The molecule has 26 heavy (non-hydrogen) atoms. The lowest BCUT2D eigenvalue weighted by molar-refractivity contribution is -0.144. The molecule has 1 aromatic carbocycles. The van der Waals surface area contributed by atoms with Gasteiger partial charge in [0.2, 0.25) is 10.0 Å². The number of aryl methyl sites for hydroxylation is 2. The predicted octanol–water partition coefficient (Wildman–Crippen LogP) is 1.95. The third-order valence-electron chi connectivity index (χ3n) is 5.14. The summed E-state index contributed by atoms with van der Waals surface area (Å²) in [5, 5.41) is 0. The fourth-order valence-corrected chi connectivity index (χ4v) is 4.90. The molecule has 1 aliphatic carbocycles. The highest BCUT2D eigenvalue weighted by atomic mass is 32.2. The van der Waals surface area contributed by atoms with Crippen LogP contribution in [0, 0.1) is 19.8 Å². The normalized spacial score (nSPS) is 20.2. The minimum Gasteiger partial charge on any atom is -0.368 e. The van der Waals surface area contributed by atoms with Gasteiger partial charge in [0.05, 0.1) is 11.5 Å². The second-order valence-corrected chi connectivity index (χ2v) is 9.32. The Morgan fingerprint density at radius 1 is 1.19 bits per heavy atom. The quantitative estimate of drug-likeness (QED) is 0.757. The van der Waals surface area contributed by atoms with Gasteiger partial charge in [0.15, 0.2) is 0 Å². The lowest BCUT2D eigenvalue weighted by Crippen LogP contribution is -2.52. The van der Waals surface area contributed by atoms with Crippen LogP contribution in [0.25, 0.3) is 0 Å². The van der Waals surface area contributed by atoms with Crippen LogP contribution in [0.5, 0.6) is 0 Å². The fourth-order valence-electron chi connectivity index (χ4n) is 3.17. The summed E-state index contributed by atoms with van der Waals surface area (Å²) in [5.74, 6) is 0.569. The van der Waals surface area contributed by atoms with Crippen molar-refractivity contribution in [2.24, 2.45) is 5.92 Å². The second-order valence-electron chi connectivity index (χ2n) is 7.42. The average molecular weight is 381 g/mol. The molecule has 2 fully saturated rings. The first kappa shape index (κ1) is 19.3. The van der Waals surface area contributed by atoms with E-state index in [0.29, 0.717) is 43.6 Å². The number of hydrogen-bond donors (Lipinski definition) is 0. The van der Waals surface area contributed by atoms with Gasteiger partial charge in [0, 0.05) is 26.2 Å². The van der Waals surface area contributed by atoms with E-state index in [0.717, 1.165) is 11.1 Å². The monoisotopic (exact) mass is 380 g/mol. The summed E-state index contributed by atoms with van der Waals surface area (Å²) in [5.41, 5.74) is 1.67. The van der Waals surface area contributed by atoms with Crippen molar-refractivity contribution < 1.29 is 17.9 Å². The van der Waals surface area contributed by atoms with Crippen molar-refractivity contribution in [1.82, 2.24) is 9.21 Å². The van der Waals surface area contributed by atoms with Crippen LogP contribution in [-0.2, 0) is 19.6 Å². The van der Waals surface area contributed by atoms with E-state index in [2.05, 4.69) is 0 Å². The molecular formula is C19H28N2O4S. The summed E-state index contributed by atoms with van der Waals surface area (Å²) in [7, 11) is -3.53. The maximum absolute atomic E-state index is 13.0. The molecule has 0 N–H and O–H groups in total. The van der Waals surface area contributed by atoms with Crippen molar-refractivity contribution in [2.75, 3.05) is 32.8 Å². The Morgan fingerprint density at radius 2 is 1.85 bits per heavy atom. The number of ether oxygens (including phenoxy) is 1. The first-order chi connectivity index (χ1) is 12.3. The van der Waals surface area contributed by atoms with Crippen LogP contribution in [0.2, 0.25) is 0 Å². The molecule has 0 bridgehead atoms. The molecular weight excluding hydrogens is 352 g/mol. The van der Waals surface area contributed by atoms with Crippen molar-refractivity contribution in [3.05, 3.63) is 29.3 Å². The van der Waals surface area contributed by atoms with Crippen molar-refractivity contribution in [3.8, 4) is 0 Å². The predicted molar refractivity (Wildman–Crippen MR) is 99.4 cm³/mol. The molecule has 1 saturated carbocycles. The lowest BCUT2D eigenvalue weighted by Gasteiger charge is -2.35. The highest BCUT2D eigenvalue weighted by molar-refractivity contribution is 7.89. The van der Waals surface area contributed by atoms with Crippen molar-refractivity contribution in [2.45, 2.75) is 44.6 Å². The third kappa shape index (κ3) is 4.27. The topological polar surface area (TPSA) is 66.9 Å². The molecule has 3 rings (SSSR count). The summed E-state index contributed by atoms with van der Waals surface area (Å²) in [6.07, 6.45) is 1.92. The smallest absolute Gasteiger partial charge is 0.251 e. The molecule has 1 amide bonds. The maximum atomic E-state index is 13.0. The SMILES string of the molecule is Cc1ccc(C)c(S(=O)(=O)N2CCN(C(=O)C(C)OCC3CC3)CC2)c1. The van der Waals surface area contributed by atoms with E-state index in [4.69, 9.17) is 4.74 Å². The zero-order valence-electron chi connectivity index (χ0n) is 15.8. The molecule has 0 spiro atoms. The van der Waals surface area contributed by atoms with Crippen molar-refractivity contribution in [1.29, 1.82) is 0 Å². The number of piperazine rings is 1. The number of sulfonamides is 1. The van der Waals surface area contributed by atoms with Gasteiger partial charge >= 0.3 is 0 Å². The molecule has 1 unspecified atom stereocenters. The van der Waals surface area contributed by atoms with E-state index >= 15 is 0 Å². The molecule has 1 aliphatic heterocycles. The van der Waals surface area contributed by atoms with E-state index in [9.17, 15) is 13.2 Å². The van der Waals surface area contributed by atoms with Gasteiger partial charge in [-0.05, 0) is 56.7 Å². The molecule has 0 radical (unpaired) electrons. The lowest BCUT2D eigenvalue weighted by atomic mass is 10.2.